The van der Waals surface area contributed by atoms with Gasteiger partial charge in [-0.2, -0.15) is 0 Å². The van der Waals surface area contributed by atoms with Gasteiger partial charge in [0, 0.05) is 11.4 Å². The maximum absolute atomic E-state index is 12.7. The summed E-state index contributed by atoms with van der Waals surface area (Å²) in [6, 6.07) is 14.1. The number of aliphatic carboxylic acids is 1. The van der Waals surface area contributed by atoms with E-state index in [0.717, 1.165) is 22.3 Å². The fourth-order valence-corrected chi connectivity index (χ4v) is 5.25. The molecule has 242 valence electrons. The molecule has 2 aromatic carbocycles. The van der Waals surface area contributed by atoms with E-state index in [-0.39, 0.29) is 41.2 Å². The molecule has 2 rings (SSSR count). The molecule has 0 fully saturated rings. The van der Waals surface area contributed by atoms with Crippen molar-refractivity contribution in [1.82, 2.24) is 4.72 Å². The Bertz CT molecular complexity index is 1130. The molecule has 2 aromatic rings. The highest BCUT2D eigenvalue weighted by Crippen LogP contribution is 2.37. The van der Waals surface area contributed by atoms with Crippen LogP contribution in [0.4, 0.5) is 0 Å². The molecule has 0 aromatic heterocycles. The fraction of sp³-hybridized carbons (Fsp3) is 0.562. The second-order valence-electron chi connectivity index (χ2n) is 12.9. The number of aliphatic hydroxyl groups excluding tert-OH is 1. The number of carboxylic acids is 1. The highest BCUT2D eigenvalue weighted by atomic mass is 32.2. The van der Waals surface area contributed by atoms with Crippen molar-refractivity contribution in [2.45, 2.75) is 96.3 Å². The summed E-state index contributed by atoms with van der Waals surface area (Å²) >= 11 is -1.22. The van der Waals surface area contributed by atoms with Crippen LogP contribution in [-0.4, -0.2) is 59.6 Å². The predicted octanol–water partition coefficient (Wildman–Crippen LogP) is 5.21. The molecule has 3 atom stereocenters. The Kier molecular flexibility index (Phi) is 15.6. The van der Waals surface area contributed by atoms with Gasteiger partial charge in [0.25, 0.3) is 0 Å². The highest BCUT2D eigenvalue weighted by Gasteiger charge is 2.38. The quantitative estimate of drug-likeness (QED) is 0.132. The Labute approximate surface area is 262 Å². The fourth-order valence-electron chi connectivity index (χ4n) is 3.42. The zero-order chi connectivity index (χ0) is 33.0. The third-order valence-electron chi connectivity index (χ3n) is 7.22. The summed E-state index contributed by atoms with van der Waals surface area (Å²) in [4.78, 5) is 22.1. The van der Waals surface area contributed by atoms with E-state index in [4.69, 9.17) is 25.1 Å². The van der Waals surface area contributed by atoms with E-state index in [1.165, 1.54) is 0 Å². The van der Waals surface area contributed by atoms with E-state index >= 15 is 0 Å². The second-order valence-corrected chi connectivity index (χ2v) is 19.8. The van der Waals surface area contributed by atoms with Crippen molar-refractivity contribution in [3.8, 4) is 0 Å². The molecule has 11 heteroatoms. The number of nitrogens with two attached hydrogens (primary N) is 1. The molecule has 0 radical (unpaired) electrons. The van der Waals surface area contributed by atoms with Crippen LogP contribution < -0.4 is 10.5 Å². The van der Waals surface area contributed by atoms with Crippen molar-refractivity contribution in [2.24, 2.45) is 5.73 Å². The van der Waals surface area contributed by atoms with Gasteiger partial charge in [0.2, 0.25) is 0 Å². The largest absolute Gasteiger partial charge is 0.598 e. The molecule has 5 N–H and O–H groups in total. The lowest BCUT2D eigenvalue weighted by molar-refractivity contribution is -0.142. The average Bonchev–Trinajstić information content (AvgIpc) is 2.90. The SMILES string of the molecule is CCOC(=O)Cc1ccc([C@@H](CO[Si](C)(C)C(C)(C)C)N[S@@+]([O-])C(C)(C)C)cc1.N[C@H](CO)c1ccc(CC(=O)O)cc1. The standard InChI is InChI=1S/C22H39NO4SSi.C10H13NO3/c1-10-26-20(24)15-17-11-13-18(14-12-17)19(23-28(25)21(2,3)4)16-27-29(8,9)22(5,6)7;11-9(6-12)8-3-1-7(2-4-8)5-10(13)14/h11-14,19,23H,10,15-16H2,1-9H3;1-4,9,12H,5-6,11H2,(H,13,14)/t19-,28+;9-/m11/s1. The summed E-state index contributed by atoms with van der Waals surface area (Å²) in [5, 5.41) is 17.4. The van der Waals surface area contributed by atoms with Crippen LogP contribution in [0.3, 0.4) is 0 Å². The normalized spacial score (nSPS) is 14.2. The topological polar surface area (TPSA) is 154 Å². The molecule has 0 saturated carbocycles. The molecule has 0 amide bonds. The molecule has 43 heavy (non-hydrogen) atoms. The average molecular weight is 637 g/mol. The minimum atomic E-state index is -1.94. The Morgan fingerprint density at radius 3 is 1.86 bits per heavy atom. The van der Waals surface area contributed by atoms with Gasteiger partial charge in [-0.25, -0.2) is 0 Å². The van der Waals surface area contributed by atoms with Crippen LogP contribution in [0.5, 0.6) is 0 Å². The number of carbonyl (C=O) groups is 2. The Balaban J connectivity index is 0.000000549. The van der Waals surface area contributed by atoms with E-state index in [1.807, 2.05) is 45.0 Å². The Morgan fingerprint density at radius 2 is 1.44 bits per heavy atom. The molecule has 0 unspecified atom stereocenters. The Morgan fingerprint density at radius 1 is 0.953 bits per heavy atom. The molecular weight excluding hydrogens is 585 g/mol. The number of hydrogen-bond donors (Lipinski definition) is 4. The van der Waals surface area contributed by atoms with Crippen molar-refractivity contribution in [2.75, 3.05) is 19.8 Å². The maximum atomic E-state index is 12.7. The van der Waals surface area contributed by atoms with Crippen LogP contribution in [0.2, 0.25) is 18.1 Å². The number of carboxylic acid groups (broad SMARTS) is 1. The first-order valence-corrected chi connectivity index (χ1v) is 18.6. The van der Waals surface area contributed by atoms with Crippen LogP contribution in [-0.2, 0) is 43.0 Å². The van der Waals surface area contributed by atoms with Gasteiger partial charge in [0.05, 0.1) is 44.7 Å². The first-order valence-electron chi connectivity index (χ1n) is 14.5. The van der Waals surface area contributed by atoms with Crippen LogP contribution >= 0.6 is 0 Å². The van der Waals surface area contributed by atoms with Crippen molar-refractivity contribution in [3.63, 3.8) is 0 Å². The van der Waals surface area contributed by atoms with Gasteiger partial charge in [0.1, 0.15) is 4.75 Å². The zero-order valence-electron chi connectivity index (χ0n) is 27.2. The summed E-state index contributed by atoms with van der Waals surface area (Å²) < 4.78 is 27.1. The van der Waals surface area contributed by atoms with E-state index < -0.39 is 31.7 Å². The number of rotatable bonds is 13. The molecule has 0 bridgehead atoms. The van der Waals surface area contributed by atoms with E-state index in [9.17, 15) is 14.1 Å². The number of hydrogen-bond acceptors (Lipinski definition) is 8. The molecule has 0 aliphatic carbocycles. The molecule has 0 saturated heterocycles. The molecule has 0 aliphatic heterocycles. The van der Waals surface area contributed by atoms with Crippen LogP contribution in [0.25, 0.3) is 0 Å². The highest BCUT2D eigenvalue weighted by molar-refractivity contribution is 7.90. The Hall–Kier alpha value is -2.25. The van der Waals surface area contributed by atoms with Gasteiger partial charge in [-0.1, -0.05) is 69.3 Å². The number of carbonyl (C=O) groups excluding carboxylic acids is 1. The zero-order valence-corrected chi connectivity index (χ0v) is 29.0. The number of nitrogens with one attached hydrogen (secondary N) is 1. The first kappa shape index (κ1) is 38.8. The summed E-state index contributed by atoms with van der Waals surface area (Å²) in [6.07, 6.45) is 0.259. The number of benzene rings is 2. The minimum Gasteiger partial charge on any atom is -0.598 e. The third kappa shape index (κ3) is 13.9. The summed E-state index contributed by atoms with van der Waals surface area (Å²) in [7, 11) is -1.94. The first-order chi connectivity index (χ1) is 19.8. The summed E-state index contributed by atoms with van der Waals surface area (Å²) in [5.74, 6) is -1.09. The predicted molar refractivity (Wildman–Crippen MR) is 175 cm³/mol. The van der Waals surface area contributed by atoms with Crippen molar-refractivity contribution in [3.05, 3.63) is 70.8 Å². The summed E-state index contributed by atoms with van der Waals surface area (Å²) in [5.41, 5.74) is 9.01. The molecule has 9 nitrogen and oxygen atoms in total. The van der Waals surface area contributed by atoms with Gasteiger partial charge < -0.3 is 29.7 Å². The van der Waals surface area contributed by atoms with Crippen LogP contribution in [0.15, 0.2) is 48.5 Å². The van der Waals surface area contributed by atoms with E-state index in [1.54, 1.807) is 31.2 Å². The van der Waals surface area contributed by atoms with Crippen molar-refractivity contribution < 1.29 is 33.5 Å². The third-order valence-corrected chi connectivity index (χ3v) is 13.3. The number of ether oxygens (including phenoxy) is 1. The monoisotopic (exact) mass is 636 g/mol. The maximum Gasteiger partial charge on any atom is 0.310 e. The van der Waals surface area contributed by atoms with Gasteiger partial charge >= 0.3 is 11.9 Å². The van der Waals surface area contributed by atoms with Crippen molar-refractivity contribution in [1.29, 1.82) is 0 Å². The van der Waals surface area contributed by atoms with Crippen LogP contribution in [0, 0.1) is 0 Å². The summed E-state index contributed by atoms with van der Waals surface area (Å²) in [6.45, 7) is 19.4. The molecule has 0 spiro atoms. The van der Waals surface area contributed by atoms with E-state index in [0.29, 0.717) is 13.2 Å². The van der Waals surface area contributed by atoms with Gasteiger partial charge in [-0.3, -0.25) is 9.59 Å². The molecule has 0 aliphatic rings. The molecular formula is C32H52N2O7SSi. The van der Waals surface area contributed by atoms with Crippen molar-refractivity contribution >= 4 is 31.6 Å². The lowest BCUT2D eigenvalue weighted by Gasteiger charge is -2.37. The lowest BCUT2D eigenvalue weighted by Crippen LogP contribution is -2.46. The van der Waals surface area contributed by atoms with E-state index in [2.05, 4.69) is 38.6 Å². The number of aliphatic hydroxyl groups is 1. The second kappa shape index (κ2) is 17.3. The lowest BCUT2D eigenvalue weighted by atomic mass is 10.0. The number of esters is 1. The van der Waals surface area contributed by atoms with Gasteiger partial charge in [-0.15, -0.1) is 4.72 Å². The van der Waals surface area contributed by atoms with Gasteiger partial charge in [0.15, 0.2) is 8.32 Å². The smallest absolute Gasteiger partial charge is 0.310 e. The van der Waals surface area contributed by atoms with Crippen LogP contribution in [0.1, 0.15) is 82.8 Å². The minimum absolute atomic E-state index is 0.00857. The van der Waals surface area contributed by atoms with Gasteiger partial charge in [-0.05, 0) is 68.1 Å². The molecule has 0 heterocycles.